The minimum Gasteiger partial charge on any atom is -0.444 e. The Hall–Kier alpha value is -1.72. The second kappa shape index (κ2) is 4.68. The molecule has 3 rings (SSSR count). The van der Waals surface area contributed by atoms with Crippen molar-refractivity contribution in [2.24, 2.45) is 0 Å². The molecule has 1 aromatic heterocycles. The molecule has 0 aromatic carbocycles. The Kier molecular flexibility index (Phi) is 3.11. The average molecular weight is 278 g/mol. The van der Waals surface area contributed by atoms with Crippen LogP contribution in [0.1, 0.15) is 44.9 Å². The van der Waals surface area contributed by atoms with E-state index in [0.29, 0.717) is 19.1 Å². The molecule has 0 spiro atoms. The van der Waals surface area contributed by atoms with Gasteiger partial charge in [-0.3, -0.25) is 5.10 Å². The summed E-state index contributed by atoms with van der Waals surface area (Å²) >= 11 is 0. The molecular weight excluding hydrogens is 256 g/mol. The first-order chi connectivity index (χ1) is 9.42. The summed E-state index contributed by atoms with van der Waals surface area (Å²) in [4.78, 5) is 13.9. The summed E-state index contributed by atoms with van der Waals surface area (Å²) < 4.78 is 5.44. The van der Waals surface area contributed by atoms with Gasteiger partial charge in [-0.1, -0.05) is 0 Å². The molecule has 1 aliphatic heterocycles. The van der Waals surface area contributed by atoms with Crippen LogP contribution in [-0.4, -0.2) is 39.4 Å². The Balaban J connectivity index is 1.70. The zero-order valence-electron chi connectivity index (χ0n) is 12.3. The summed E-state index contributed by atoms with van der Waals surface area (Å²) in [5.74, 6) is 0.899. The van der Waals surface area contributed by atoms with Crippen molar-refractivity contribution in [2.75, 3.05) is 11.9 Å². The molecule has 0 bridgehead atoms. The van der Waals surface area contributed by atoms with Crippen LogP contribution >= 0.6 is 0 Å². The summed E-state index contributed by atoms with van der Waals surface area (Å²) in [6.45, 7) is 6.90. The molecule has 2 N–H and O–H groups in total. The van der Waals surface area contributed by atoms with E-state index in [0.717, 1.165) is 23.5 Å². The van der Waals surface area contributed by atoms with E-state index in [9.17, 15) is 4.79 Å². The second-order valence-electron chi connectivity index (χ2n) is 6.60. The van der Waals surface area contributed by atoms with Crippen molar-refractivity contribution in [3.05, 3.63) is 11.3 Å². The van der Waals surface area contributed by atoms with Crippen LogP contribution in [0.5, 0.6) is 0 Å². The number of rotatable bonds is 2. The number of carbonyl (C=O) groups is 1. The third-order valence-corrected chi connectivity index (χ3v) is 3.50. The maximum atomic E-state index is 12.1. The van der Waals surface area contributed by atoms with E-state index in [1.54, 1.807) is 4.90 Å². The number of aromatic nitrogens is 2. The third-order valence-electron chi connectivity index (χ3n) is 3.50. The average Bonchev–Trinajstić information content (AvgIpc) is 3.07. The van der Waals surface area contributed by atoms with Crippen LogP contribution in [0.25, 0.3) is 0 Å². The van der Waals surface area contributed by atoms with Gasteiger partial charge in [0, 0.05) is 30.3 Å². The van der Waals surface area contributed by atoms with Gasteiger partial charge in [0.25, 0.3) is 0 Å². The van der Waals surface area contributed by atoms with Gasteiger partial charge in [-0.05, 0) is 33.6 Å². The quantitative estimate of drug-likeness (QED) is 0.870. The Morgan fingerprint density at radius 3 is 2.85 bits per heavy atom. The Morgan fingerprint density at radius 2 is 2.20 bits per heavy atom. The zero-order valence-corrected chi connectivity index (χ0v) is 12.3. The Morgan fingerprint density at radius 1 is 1.45 bits per heavy atom. The first-order valence-electron chi connectivity index (χ1n) is 7.23. The molecule has 0 unspecified atom stereocenters. The molecule has 0 radical (unpaired) electrons. The summed E-state index contributed by atoms with van der Waals surface area (Å²) in [5, 5.41) is 10.8. The van der Waals surface area contributed by atoms with Gasteiger partial charge in [0.15, 0.2) is 5.82 Å². The van der Waals surface area contributed by atoms with Gasteiger partial charge in [-0.15, -0.1) is 0 Å². The number of amides is 1. The van der Waals surface area contributed by atoms with Gasteiger partial charge in [0.1, 0.15) is 5.60 Å². The number of carbonyl (C=O) groups excluding carboxylic acids is 1. The molecule has 6 heteroatoms. The number of nitrogens with one attached hydrogen (secondary N) is 2. The van der Waals surface area contributed by atoms with Crippen LogP contribution in [0.4, 0.5) is 10.6 Å². The highest BCUT2D eigenvalue weighted by atomic mass is 16.6. The number of anilines is 1. The summed E-state index contributed by atoms with van der Waals surface area (Å²) in [5.41, 5.74) is 1.78. The fourth-order valence-electron chi connectivity index (χ4n) is 2.32. The maximum absolute atomic E-state index is 12.1. The van der Waals surface area contributed by atoms with Crippen LogP contribution in [-0.2, 0) is 17.7 Å². The van der Waals surface area contributed by atoms with Gasteiger partial charge >= 0.3 is 6.09 Å². The van der Waals surface area contributed by atoms with Crippen molar-refractivity contribution in [1.29, 1.82) is 0 Å². The fourth-order valence-corrected chi connectivity index (χ4v) is 2.32. The van der Waals surface area contributed by atoms with Crippen LogP contribution < -0.4 is 5.32 Å². The van der Waals surface area contributed by atoms with Crippen LogP contribution in [0.3, 0.4) is 0 Å². The normalized spacial score (nSPS) is 18.6. The van der Waals surface area contributed by atoms with E-state index in [1.165, 1.54) is 12.8 Å². The van der Waals surface area contributed by atoms with Gasteiger partial charge in [-0.2, -0.15) is 5.10 Å². The van der Waals surface area contributed by atoms with Gasteiger partial charge in [0.05, 0.1) is 6.54 Å². The highest BCUT2D eigenvalue weighted by Crippen LogP contribution is 2.29. The van der Waals surface area contributed by atoms with Crippen molar-refractivity contribution in [2.45, 2.75) is 58.2 Å². The van der Waals surface area contributed by atoms with E-state index in [1.807, 2.05) is 20.8 Å². The summed E-state index contributed by atoms with van der Waals surface area (Å²) in [6, 6.07) is 0.555. The highest BCUT2D eigenvalue weighted by Gasteiger charge is 2.30. The number of aromatic amines is 1. The molecule has 110 valence electrons. The molecular formula is C14H22N4O2. The molecule has 2 aliphatic rings. The van der Waals surface area contributed by atoms with Gasteiger partial charge in [0.2, 0.25) is 0 Å². The lowest BCUT2D eigenvalue weighted by Gasteiger charge is -2.30. The van der Waals surface area contributed by atoms with Gasteiger partial charge < -0.3 is 15.0 Å². The maximum Gasteiger partial charge on any atom is 0.410 e. The van der Waals surface area contributed by atoms with E-state index >= 15 is 0 Å². The molecule has 2 heterocycles. The first kappa shape index (κ1) is 13.3. The molecule has 0 atom stereocenters. The molecule has 1 amide bonds. The molecule has 6 nitrogen and oxygen atoms in total. The lowest BCUT2D eigenvalue weighted by Crippen LogP contribution is -2.39. The third kappa shape index (κ3) is 2.89. The van der Waals surface area contributed by atoms with Crippen molar-refractivity contribution >= 4 is 11.9 Å². The van der Waals surface area contributed by atoms with E-state index in [-0.39, 0.29) is 6.09 Å². The minimum absolute atomic E-state index is 0.248. The predicted octanol–water partition coefficient (Wildman–Crippen LogP) is 2.28. The monoisotopic (exact) mass is 278 g/mol. The predicted molar refractivity (Wildman–Crippen MR) is 75.6 cm³/mol. The lowest BCUT2D eigenvalue weighted by molar-refractivity contribution is 0.0224. The topological polar surface area (TPSA) is 70.2 Å². The van der Waals surface area contributed by atoms with Crippen molar-refractivity contribution in [3.63, 3.8) is 0 Å². The summed E-state index contributed by atoms with van der Waals surface area (Å²) in [7, 11) is 0. The first-order valence-corrected chi connectivity index (χ1v) is 7.23. The van der Waals surface area contributed by atoms with E-state index < -0.39 is 5.60 Å². The number of ether oxygens (including phenoxy) is 1. The second-order valence-corrected chi connectivity index (χ2v) is 6.60. The standard InChI is InChI=1S/C14H22N4O2/c1-14(2,3)20-13(19)18-7-6-11-10(8-18)12(17-16-11)15-9-4-5-9/h9H,4-8H2,1-3H3,(H2,15,16,17). The molecule has 1 aliphatic carbocycles. The van der Waals surface area contributed by atoms with Gasteiger partial charge in [-0.25, -0.2) is 4.79 Å². The molecule has 0 saturated heterocycles. The van der Waals surface area contributed by atoms with E-state index in [2.05, 4.69) is 15.5 Å². The number of hydrogen-bond donors (Lipinski definition) is 2. The van der Waals surface area contributed by atoms with E-state index in [4.69, 9.17) is 4.74 Å². The number of hydrogen-bond acceptors (Lipinski definition) is 4. The molecule has 20 heavy (non-hydrogen) atoms. The largest absolute Gasteiger partial charge is 0.444 e. The van der Waals surface area contributed by atoms with Crippen molar-refractivity contribution in [1.82, 2.24) is 15.1 Å². The van der Waals surface area contributed by atoms with Crippen LogP contribution in [0.15, 0.2) is 0 Å². The number of fused-ring (bicyclic) bond motifs is 1. The van der Waals surface area contributed by atoms with Crippen LogP contribution in [0.2, 0.25) is 0 Å². The highest BCUT2D eigenvalue weighted by molar-refractivity contribution is 5.69. The SMILES string of the molecule is CC(C)(C)OC(=O)N1CCc2[nH]nc(NC3CC3)c2C1. The number of H-pyrrole nitrogens is 1. The zero-order chi connectivity index (χ0) is 14.3. The Labute approximate surface area is 118 Å². The van der Waals surface area contributed by atoms with Crippen molar-refractivity contribution < 1.29 is 9.53 Å². The summed E-state index contributed by atoms with van der Waals surface area (Å²) in [6.07, 6.45) is 2.96. The smallest absolute Gasteiger partial charge is 0.410 e. The molecule has 1 aromatic rings. The lowest BCUT2D eigenvalue weighted by atomic mass is 10.1. The Bertz CT molecular complexity index is 514. The minimum atomic E-state index is -0.456. The van der Waals surface area contributed by atoms with Crippen LogP contribution in [0, 0.1) is 0 Å². The molecule has 1 fully saturated rings. The number of nitrogens with zero attached hydrogens (tertiary/aromatic N) is 2. The molecule has 1 saturated carbocycles. The fraction of sp³-hybridized carbons (Fsp3) is 0.714. The van der Waals surface area contributed by atoms with Crippen molar-refractivity contribution in [3.8, 4) is 0 Å².